The maximum Gasteiger partial charge on any atom is 0.277 e. The molecule has 0 unspecified atom stereocenters. The summed E-state index contributed by atoms with van der Waals surface area (Å²) < 4.78 is 2.96. The second-order valence-electron chi connectivity index (χ2n) is 3.47. The molecule has 0 fully saturated rings. The first-order valence-electron chi connectivity index (χ1n) is 4.85. The average Bonchev–Trinajstić information content (AvgIpc) is 2.87. The minimum atomic E-state index is -0.370. The molecule has 0 aliphatic rings. The molecule has 2 heterocycles. The van der Waals surface area contributed by atoms with Gasteiger partial charge in [-0.2, -0.15) is 15.5 Å². The molecule has 2 rings (SSSR count). The van der Waals surface area contributed by atoms with Gasteiger partial charge in [0.2, 0.25) is 0 Å². The van der Waals surface area contributed by atoms with Crippen molar-refractivity contribution in [2.75, 3.05) is 5.32 Å². The van der Waals surface area contributed by atoms with Crippen LogP contribution >= 0.6 is 0 Å². The van der Waals surface area contributed by atoms with Gasteiger partial charge in [-0.15, -0.1) is 0 Å². The Bertz CT molecular complexity index is 603. The molecule has 0 radical (unpaired) electrons. The number of aromatic nitrogens is 4. The van der Waals surface area contributed by atoms with Gasteiger partial charge in [-0.25, -0.2) is 0 Å². The van der Waals surface area contributed by atoms with Crippen LogP contribution < -0.4 is 5.32 Å². The molecule has 0 aromatic carbocycles. The lowest BCUT2D eigenvalue weighted by Gasteiger charge is -2.03. The molecule has 2 aromatic heterocycles. The minimum absolute atomic E-state index is 0.289. The molecule has 17 heavy (non-hydrogen) atoms. The van der Waals surface area contributed by atoms with Crippen molar-refractivity contribution < 1.29 is 4.79 Å². The van der Waals surface area contributed by atoms with Crippen molar-refractivity contribution in [3.05, 3.63) is 29.7 Å². The second kappa shape index (κ2) is 4.09. The normalized spacial score (nSPS) is 9.94. The predicted molar refractivity (Wildman–Crippen MR) is 59.1 cm³/mol. The van der Waals surface area contributed by atoms with E-state index in [9.17, 15) is 4.79 Å². The van der Waals surface area contributed by atoms with Crippen molar-refractivity contribution in [1.82, 2.24) is 19.6 Å². The summed E-state index contributed by atoms with van der Waals surface area (Å²) in [5, 5.41) is 19.3. The van der Waals surface area contributed by atoms with E-state index in [2.05, 4.69) is 15.5 Å². The number of nitriles is 1. The lowest BCUT2D eigenvalue weighted by atomic mass is 10.3. The quantitative estimate of drug-likeness (QED) is 0.802. The maximum atomic E-state index is 11.8. The first-order valence-corrected chi connectivity index (χ1v) is 4.85. The van der Waals surface area contributed by atoms with E-state index in [1.807, 2.05) is 6.07 Å². The number of rotatable bonds is 2. The number of nitrogens with one attached hydrogen (secondary N) is 1. The Hall–Kier alpha value is -2.62. The van der Waals surface area contributed by atoms with Crippen LogP contribution in [0.2, 0.25) is 0 Å². The molecular weight excluding hydrogens is 220 g/mol. The third-order valence-corrected chi connectivity index (χ3v) is 2.24. The van der Waals surface area contributed by atoms with E-state index in [4.69, 9.17) is 5.26 Å². The van der Waals surface area contributed by atoms with Crippen LogP contribution in [0.3, 0.4) is 0 Å². The van der Waals surface area contributed by atoms with Gasteiger partial charge in [-0.3, -0.25) is 14.2 Å². The van der Waals surface area contributed by atoms with Crippen molar-refractivity contribution in [2.24, 2.45) is 14.1 Å². The Morgan fingerprint density at radius 3 is 2.88 bits per heavy atom. The van der Waals surface area contributed by atoms with E-state index in [0.29, 0.717) is 11.4 Å². The van der Waals surface area contributed by atoms with E-state index < -0.39 is 0 Å². The van der Waals surface area contributed by atoms with Crippen molar-refractivity contribution in [3.63, 3.8) is 0 Å². The van der Waals surface area contributed by atoms with Crippen LogP contribution in [0.25, 0.3) is 0 Å². The van der Waals surface area contributed by atoms with Crippen LogP contribution in [-0.4, -0.2) is 25.5 Å². The Balaban J connectivity index is 2.24. The van der Waals surface area contributed by atoms with Crippen molar-refractivity contribution in [3.8, 4) is 6.07 Å². The summed E-state index contributed by atoms with van der Waals surface area (Å²) in [7, 11) is 3.37. The van der Waals surface area contributed by atoms with E-state index in [-0.39, 0.29) is 11.6 Å². The minimum Gasteiger partial charge on any atom is -0.304 e. The number of amides is 1. The number of nitrogens with zero attached hydrogens (tertiary/aromatic N) is 5. The molecule has 0 bridgehead atoms. The van der Waals surface area contributed by atoms with Gasteiger partial charge in [0.1, 0.15) is 17.5 Å². The zero-order valence-electron chi connectivity index (χ0n) is 9.38. The van der Waals surface area contributed by atoms with Crippen LogP contribution in [-0.2, 0) is 14.1 Å². The third-order valence-electron chi connectivity index (χ3n) is 2.24. The largest absolute Gasteiger partial charge is 0.304 e. The van der Waals surface area contributed by atoms with E-state index in [0.717, 1.165) is 0 Å². The number of anilines is 1. The highest BCUT2D eigenvalue weighted by Gasteiger charge is 2.14. The Morgan fingerprint density at radius 1 is 1.53 bits per heavy atom. The standard InChI is InChI=1S/C10H10N6O/c1-15-4-3-8(14-15)10(17)13-9-7(5-11)6-12-16(9)2/h3-4,6H,1-2H3,(H,13,17). The smallest absolute Gasteiger partial charge is 0.277 e. The van der Waals surface area contributed by atoms with Gasteiger partial charge in [0.15, 0.2) is 5.69 Å². The second-order valence-corrected chi connectivity index (χ2v) is 3.47. The Labute approximate surface area is 97.3 Å². The fraction of sp³-hybridized carbons (Fsp3) is 0.200. The van der Waals surface area contributed by atoms with Crippen molar-refractivity contribution >= 4 is 11.7 Å². The molecule has 86 valence electrons. The first-order chi connectivity index (χ1) is 8.11. The summed E-state index contributed by atoms with van der Waals surface area (Å²) in [5.74, 6) is -0.00569. The monoisotopic (exact) mass is 230 g/mol. The van der Waals surface area contributed by atoms with E-state index >= 15 is 0 Å². The summed E-state index contributed by atoms with van der Waals surface area (Å²) in [5.41, 5.74) is 0.606. The fourth-order valence-corrected chi connectivity index (χ4v) is 1.38. The number of hydrogen-bond acceptors (Lipinski definition) is 4. The highest BCUT2D eigenvalue weighted by molar-refractivity contribution is 6.02. The number of hydrogen-bond donors (Lipinski definition) is 1. The van der Waals surface area contributed by atoms with Crippen molar-refractivity contribution in [2.45, 2.75) is 0 Å². The number of carbonyl (C=O) groups excluding carboxylic acids is 1. The third kappa shape index (κ3) is 2.01. The van der Waals surface area contributed by atoms with Crippen LogP contribution in [0.1, 0.15) is 16.1 Å². The van der Waals surface area contributed by atoms with E-state index in [1.54, 1.807) is 26.4 Å². The fourth-order valence-electron chi connectivity index (χ4n) is 1.38. The predicted octanol–water partition coefficient (Wildman–Crippen LogP) is 0.278. The van der Waals surface area contributed by atoms with Crippen molar-refractivity contribution in [1.29, 1.82) is 5.26 Å². The highest BCUT2D eigenvalue weighted by atomic mass is 16.2. The summed E-state index contributed by atoms with van der Waals surface area (Å²) >= 11 is 0. The van der Waals surface area contributed by atoms with Gasteiger partial charge in [-0.05, 0) is 6.07 Å². The molecule has 1 amide bonds. The molecular formula is C10H10N6O. The zero-order chi connectivity index (χ0) is 12.4. The number of carbonyl (C=O) groups is 1. The lowest BCUT2D eigenvalue weighted by Crippen LogP contribution is -2.16. The number of aryl methyl sites for hydroxylation is 2. The molecule has 0 aliphatic heterocycles. The molecule has 0 saturated heterocycles. The molecule has 7 nitrogen and oxygen atoms in total. The molecule has 0 spiro atoms. The van der Waals surface area contributed by atoms with Crippen LogP contribution in [0, 0.1) is 11.3 Å². The first kappa shape index (κ1) is 10.9. The van der Waals surface area contributed by atoms with E-state index in [1.165, 1.54) is 15.6 Å². The average molecular weight is 230 g/mol. The SMILES string of the molecule is Cn1ccc(C(=O)Nc2c(C#N)cnn2C)n1. The van der Waals surface area contributed by atoms with Gasteiger partial charge < -0.3 is 5.32 Å². The van der Waals surface area contributed by atoms with Gasteiger partial charge in [0.25, 0.3) is 5.91 Å². The molecule has 0 aliphatic carbocycles. The molecule has 7 heteroatoms. The van der Waals surface area contributed by atoms with Crippen LogP contribution in [0.15, 0.2) is 18.5 Å². The zero-order valence-corrected chi connectivity index (χ0v) is 9.38. The molecule has 0 atom stereocenters. The van der Waals surface area contributed by atoms with Crippen LogP contribution in [0.4, 0.5) is 5.82 Å². The Kier molecular flexibility index (Phi) is 2.62. The van der Waals surface area contributed by atoms with Gasteiger partial charge in [0, 0.05) is 20.3 Å². The summed E-state index contributed by atoms with van der Waals surface area (Å²) in [6.45, 7) is 0. The topological polar surface area (TPSA) is 88.5 Å². The Morgan fingerprint density at radius 2 is 2.29 bits per heavy atom. The highest BCUT2D eigenvalue weighted by Crippen LogP contribution is 2.13. The van der Waals surface area contributed by atoms with Gasteiger partial charge in [-0.1, -0.05) is 0 Å². The van der Waals surface area contributed by atoms with Gasteiger partial charge in [0.05, 0.1) is 6.20 Å². The summed E-state index contributed by atoms with van der Waals surface area (Å²) in [6, 6.07) is 3.55. The summed E-state index contributed by atoms with van der Waals surface area (Å²) in [4.78, 5) is 11.8. The summed E-state index contributed by atoms with van der Waals surface area (Å²) in [6.07, 6.45) is 3.07. The molecule has 0 saturated carbocycles. The maximum absolute atomic E-state index is 11.8. The molecule has 2 aromatic rings. The molecule has 1 N–H and O–H groups in total. The van der Waals surface area contributed by atoms with Crippen LogP contribution in [0.5, 0.6) is 0 Å². The lowest BCUT2D eigenvalue weighted by molar-refractivity contribution is 0.102. The van der Waals surface area contributed by atoms with Gasteiger partial charge >= 0.3 is 0 Å².